The number of hydrogen-bond acceptors (Lipinski definition) is 2. The molecule has 1 aliphatic rings. The Morgan fingerprint density at radius 1 is 1.22 bits per heavy atom. The predicted octanol–water partition coefficient (Wildman–Crippen LogP) is 3.90. The van der Waals surface area contributed by atoms with Crippen LogP contribution >= 0.6 is 12.4 Å². The molecule has 0 aromatic heterocycles. The minimum atomic E-state index is -2.78. The van der Waals surface area contributed by atoms with Crippen LogP contribution in [0.2, 0.25) is 0 Å². The van der Waals surface area contributed by atoms with E-state index in [1.165, 1.54) is 18.9 Å². The van der Waals surface area contributed by atoms with E-state index in [4.69, 9.17) is 5.73 Å². The average molecular weight is 278 g/mol. The van der Waals surface area contributed by atoms with Gasteiger partial charge in [0.1, 0.15) is 5.75 Å². The summed E-state index contributed by atoms with van der Waals surface area (Å²) in [6.45, 7) is -2.78. The zero-order valence-electron chi connectivity index (χ0n) is 10.0. The molecule has 2 rings (SSSR count). The molecule has 0 amide bonds. The fourth-order valence-corrected chi connectivity index (χ4v) is 2.49. The van der Waals surface area contributed by atoms with Gasteiger partial charge < -0.3 is 10.5 Å². The van der Waals surface area contributed by atoms with Gasteiger partial charge in [-0.1, -0.05) is 25.0 Å². The molecular formula is C13H18ClF2NO. The molecule has 0 aliphatic heterocycles. The molecule has 0 heterocycles. The number of benzene rings is 1. The van der Waals surface area contributed by atoms with E-state index in [2.05, 4.69) is 4.74 Å². The maximum atomic E-state index is 12.1. The van der Waals surface area contributed by atoms with Gasteiger partial charge >= 0.3 is 6.61 Å². The van der Waals surface area contributed by atoms with Crippen LogP contribution in [0, 0.1) is 5.92 Å². The first-order valence-corrected chi connectivity index (χ1v) is 5.97. The van der Waals surface area contributed by atoms with Gasteiger partial charge in [-0.3, -0.25) is 0 Å². The van der Waals surface area contributed by atoms with Crippen molar-refractivity contribution in [1.29, 1.82) is 0 Å². The number of ether oxygens (including phenoxy) is 1. The van der Waals surface area contributed by atoms with E-state index in [9.17, 15) is 8.78 Å². The van der Waals surface area contributed by atoms with Crippen LogP contribution < -0.4 is 10.5 Å². The van der Waals surface area contributed by atoms with Gasteiger partial charge in [0.05, 0.1) is 0 Å². The SMILES string of the molecule is Cl.N[C@@H](c1cccc(OC(F)F)c1)C1CCCC1. The van der Waals surface area contributed by atoms with Crippen LogP contribution in [0.1, 0.15) is 37.3 Å². The highest BCUT2D eigenvalue weighted by Gasteiger charge is 2.23. The molecular weight excluding hydrogens is 260 g/mol. The summed E-state index contributed by atoms with van der Waals surface area (Å²) in [6.07, 6.45) is 4.68. The van der Waals surface area contributed by atoms with E-state index in [0.29, 0.717) is 5.92 Å². The Labute approximate surface area is 112 Å². The molecule has 18 heavy (non-hydrogen) atoms. The summed E-state index contributed by atoms with van der Waals surface area (Å²) in [7, 11) is 0. The van der Waals surface area contributed by atoms with Gasteiger partial charge in [0.2, 0.25) is 0 Å². The first-order chi connectivity index (χ1) is 8.16. The maximum absolute atomic E-state index is 12.1. The van der Waals surface area contributed by atoms with Crippen molar-refractivity contribution in [3.05, 3.63) is 29.8 Å². The third-order valence-electron chi connectivity index (χ3n) is 3.38. The lowest BCUT2D eigenvalue weighted by molar-refractivity contribution is -0.0499. The highest BCUT2D eigenvalue weighted by molar-refractivity contribution is 5.85. The minimum absolute atomic E-state index is 0. The van der Waals surface area contributed by atoms with Crippen molar-refractivity contribution in [2.24, 2.45) is 11.7 Å². The molecule has 102 valence electrons. The Hall–Kier alpha value is -0.870. The first kappa shape index (κ1) is 15.2. The lowest BCUT2D eigenvalue weighted by Crippen LogP contribution is -2.19. The summed E-state index contributed by atoms with van der Waals surface area (Å²) < 4.78 is 28.6. The quantitative estimate of drug-likeness (QED) is 0.906. The number of nitrogens with two attached hydrogens (primary N) is 1. The number of alkyl halides is 2. The van der Waals surface area contributed by atoms with Crippen molar-refractivity contribution in [3.8, 4) is 5.75 Å². The van der Waals surface area contributed by atoms with Crippen LogP contribution in [0.3, 0.4) is 0 Å². The van der Waals surface area contributed by atoms with Crippen molar-refractivity contribution in [3.63, 3.8) is 0 Å². The van der Waals surface area contributed by atoms with Gasteiger partial charge in [-0.2, -0.15) is 8.78 Å². The number of hydrogen-bond donors (Lipinski definition) is 1. The van der Waals surface area contributed by atoms with Crippen molar-refractivity contribution in [2.45, 2.75) is 38.3 Å². The van der Waals surface area contributed by atoms with E-state index in [-0.39, 0.29) is 24.2 Å². The Kier molecular flexibility index (Phi) is 5.82. The fraction of sp³-hybridized carbons (Fsp3) is 0.538. The largest absolute Gasteiger partial charge is 0.435 e. The van der Waals surface area contributed by atoms with Gasteiger partial charge in [-0.05, 0) is 36.5 Å². The summed E-state index contributed by atoms with van der Waals surface area (Å²) in [4.78, 5) is 0. The second-order valence-electron chi connectivity index (χ2n) is 4.52. The van der Waals surface area contributed by atoms with Crippen molar-refractivity contribution < 1.29 is 13.5 Å². The topological polar surface area (TPSA) is 35.2 Å². The van der Waals surface area contributed by atoms with Crippen LogP contribution in [0.5, 0.6) is 5.75 Å². The molecule has 0 radical (unpaired) electrons. The van der Waals surface area contributed by atoms with Crippen LogP contribution in [0.15, 0.2) is 24.3 Å². The van der Waals surface area contributed by atoms with Crippen molar-refractivity contribution >= 4 is 12.4 Å². The van der Waals surface area contributed by atoms with E-state index < -0.39 is 6.61 Å². The Bertz CT molecular complexity index is 370. The zero-order chi connectivity index (χ0) is 12.3. The summed E-state index contributed by atoms with van der Waals surface area (Å²) in [5.74, 6) is 0.655. The maximum Gasteiger partial charge on any atom is 0.387 e. The standard InChI is InChI=1S/C13H17F2NO.ClH/c14-13(15)17-11-7-3-6-10(8-11)12(16)9-4-1-2-5-9;/h3,6-9,12-13H,1-2,4-5,16H2;1H/t12-;/m1./s1. The Morgan fingerprint density at radius 2 is 1.89 bits per heavy atom. The van der Waals surface area contributed by atoms with Crippen LogP contribution in [-0.4, -0.2) is 6.61 Å². The summed E-state index contributed by atoms with van der Waals surface area (Å²) in [5, 5.41) is 0. The highest BCUT2D eigenvalue weighted by atomic mass is 35.5. The van der Waals surface area contributed by atoms with Gasteiger partial charge in [-0.15, -0.1) is 12.4 Å². The summed E-state index contributed by atoms with van der Waals surface area (Å²) >= 11 is 0. The molecule has 1 aliphatic carbocycles. The normalized spacial score (nSPS) is 17.6. The van der Waals surface area contributed by atoms with E-state index in [1.54, 1.807) is 12.1 Å². The molecule has 0 spiro atoms. The third-order valence-corrected chi connectivity index (χ3v) is 3.38. The van der Waals surface area contributed by atoms with Gasteiger partial charge in [0, 0.05) is 6.04 Å². The molecule has 0 saturated heterocycles. The van der Waals surface area contributed by atoms with Crippen molar-refractivity contribution in [1.82, 2.24) is 0 Å². The molecule has 1 aromatic rings. The first-order valence-electron chi connectivity index (χ1n) is 5.97. The van der Waals surface area contributed by atoms with Gasteiger partial charge in [-0.25, -0.2) is 0 Å². The number of rotatable bonds is 4. The van der Waals surface area contributed by atoms with Crippen LogP contribution in [-0.2, 0) is 0 Å². The molecule has 1 atom stereocenters. The molecule has 2 nitrogen and oxygen atoms in total. The van der Waals surface area contributed by atoms with Crippen molar-refractivity contribution in [2.75, 3.05) is 0 Å². The third kappa shape index (κ3) is 3.82. The Morgan fingerprint density at radius 3 is 2.50 bits per heavy atom. The monoisotopic (exact) mass is 277 g/mol. The second kappa shape index (κ2) is 6.90. The molecule has 1 saturated carbocycles. The molecule has 1 aromatic carbocycles. The molecule has 1 fully saturated rings. The molecule has 0 unspecified atom stereocenters. The summed E-state index contributed by atoms with van der Waals surface area (Å²) in [6, 6.07) is 6.66. The van der Waals surface area contributed by atoms with Crippen LogP contribution in [0.25, 0.3) is 0 Å². The van der Waals surface area contributed by atoms with Crippen LogP contribution in [0.4, 0.5) is 8.78 Å². The fourth-order valence-electron chi connectivity index (χ4n) is 2.49. The van der Waals surface area contributed by atoms with Gasteiger partial charge in [0.15, 0.2) is 0 Å². The summed E-state index contributed by atoms with van der Waals surface area (Å²) in [5.41, 5.74) is 7.04. The lowest BCUT2D eigenvalue weighted by atomic mass is 9.92. The average Bonchev–Trinajstić information content (AvgIpc) is 2.81. The molecule has 2 N–H and O–H groups in total. The molecule has 5 heteroatoms. The lowest BCUT2D eigenvalue weighted by Gasteiger charge is -2.19. The Balaban J connectivity index is 0.00000162. The molecule has 0 bridgehead atoms. The smallest absolute Gasteiger partial charge is 0.387 e. The minimum Gasteiger partial charge on any atom is -0.435 e. The highest BCUT2D eigenvalue weighted by Crippen LogP contribution is 2.35. The van der Waals surface area contributed by atoms with E-state index in [0.717, 1.165) is 18.4 Å². The number of halogens is 3. The van der Waals surface area contributed by atoms with E-state index >= 15 is 0 Å². The zero-order valence-corrected chi connectivity index (χ0v) is 10.8. The predicted molar refractivity (Wildman–Crippen MR) is 69.2 cm³/mol. The second-order valence-corrected chi connectivity index (χ2v) is 4.52. The van der Waals surface area contributed by atoms with Gasteiger partial charge in [0.25, 0.3) is 0 Å². The van der Waals surface area contributed by atoms with E-state index in [1.807, 2.05) is 6.07 Å².